The summed E-state index contributed by atoms with van der Waals surface area (Å²) in [6, 6.07) is 6.89. The number of phenols is 1. The quantitative estimate of drug-likeness (QED) is 0.884. The minimum absolute atomic E-state index is 0.224. The Bertz CT molecular complexity index is 580. The van der Waals surface area contributed by atoms with Gasteiger partial charge in [-0.05, 0) is 50.1 Å². The van der Waals surface area contributed by atoms with Crippen LogP contribution in [0, 0.1) is 19.7 Å². The number of aromatic hydroxyl groups is 1. The molecule has 4 heteroatoms. The monoisotopic (exact) mass is 279 g/mol. The lowest BCUT2D eigenvalue weighted by molar-refractivity contribution is 0.431. The van der Waals surface area contributed by atoms with E-state index in [1.807, 2.05) is 0 Å². The Labute approximate surface area is 116 Å². The molecule has 1 aromatic carbocycles. The molecule has 2 N–H and O–H groups in total. The van der Waals surface area contributed by atoms with Gasteiger partial charge in [-0.3, -0.25) is 0 Å². The highest BCUT2D eigenvalue weighted by Crippen LogP contribution is 2.26. The average molecular weight is 279 g/mol. The van der Waals surface area contributed by atoms with Crippen molar-refractivity contribution in [3.8, 4) is 5.75 Å². The number of benzene rings is 1. The molecule has 0 aliphatic heterocycles. The molecular formula is C15H18FNOS. The number of hydrogen-bond donors (Lipinski definition) is 2. The number of halogens is 1. The van der Waals surface area contributed by atoms with Gasteiger partial charge in [0, 0.05) is 22.3 Å². The van der Waals surface area contributed by atoms with E-state index in [-0.39, 0.29) is 11.8 Å². The van der Waals surface area contributed by atoms with Crippen molar-refractivity contribution < 1.29 is 9.50 Å². The second-order valence-electron chi connectivity index (χ2n) is 4.76. The van der Waals surface area contributed by atoms with Crippen molar-refractivity contribution in [2.75, 3.05) is 0 Å². The summed E-state index contributed by atoms with van der Waals surface area (Å²) >= 11 is 1.79. The second-order valence-corrected chi connectivity index (χ2v) is 6.22. The number of thiophene rings is 1. The van der Waals surface area contributed by atoms with Gasteiger partial charge in [0.05, 0.1) is 0 Å². The van der Waals surface area contributed by atoms with Gasteiger partial charge in [-0.2, -0.15) is 0 Å². The summed E-state index contributed by atoms with van der Waals surface area (Å²) in [6.07, 6.45) is 0. The van der Waals surface area contributed by atoms with Crippen molar-refractivity contribution in [2.24, 2.45) is 0 Å². The molecule has 0 spiro atoms. The van der Waals surface area contributed by atoms with Crippen molar-refractivity contribution in [2.45, 2.75) is 33.4 Å². The first-order valence-electron chi connectivity index (χ1n) is 6.25. The van der Waals surface area contributed by atoms with E-state index in [0.29, 0.717) is 6.54 Å². The molecule has 0 saturated heterocycles. The van der Waals surface area contributed by atoms with Gasteiger partial charge in [-0.25, -0.2) is 4.39 Å². The van der Waals surface area contributed by atoms with Crippen LogP contribution in [0.2, 0.25) is 0 Å². The molecule has 1 atom stereocenters. The van der Waals surface area contributed by atoms with Crippen molar-refractivity contribution in [3.63, 3.8) is 0 Å². The normalized spacial score (nSPS) is 12.6. The fraction of sp³-hybridized carbons (Fsp3) is 0.333. The third-order valence-electron chi connectivity index (χ3n) is 3.17. The molecule has 1 aromatic heterocycles. The molecule has 1 unspecified atom stereocenters. The molecule has 0 fully saturated rings. The van der Waals surface area contributed by atoms with Gasteiger partial charge in [0.1, 0.15) is 0 Å². The maximum atomic E-state index is 13.2. The van der Waals surface area contributed by atoms with E-state index in [1.54, 1.807) is 17.4 Å². The van der Waals surface area contributed by atoms with E-state index in [2.05, 4.69) is 32.2 Å². The summed E-state index contributed by atoms with van der Waals surface area (Å²) in [6.45, 7) is 6.90. The van der Waals surface area contributed by atoms with Gasteiger partial charge < -0.3 is 10.4 Å². The van der Waals surface area contributed by atoms with Crippen LogP contribution in [0.3, 0.4) is 0 Å². The molecular weight excluding hydrogens is 261 g/mol. The number of nitrogens with one attached hydrogen (secondary N) is 1. The zero-order chi connectivity index (χ0) is 14.0. The number of aryl methyl sites for hydroxylation is 2. The fourth-order valence-electron chi connectivity index (χ4n) is 2.12. The van der Waals surface area contributed by atoms with E-state index in [0.717, 1.165) is 5.56 Å². The molecule has 2 aromatic rings. The summed E-state index contributed by atoms with van der Waals surface area (Å²) in [7, 11) is 0. The Morgan fingerprint density at radius 2 is 2.05 bits per heavy atom. The van der Waals surface area contributed by atoms with E-state index >= 15 is 0 Å². The Kier molecular flexibility index (Phi) is 4.22. The highest BCUT2D eigenvalue weighted by Gasteiger charge is 2.11. The van der Waals surface area contributed by atoms with Crippen molar-refractivity contribution in [1.29, 1.82) is 0 Å². The zero-order valence-electron chi connectivity index (χ0n) is 11.3. The summed E-state index contributed by atoms with van der Waals surface area (Å²) < 4.78 is 13.2. The first-order chi connectivity index (χ1) is 8.97. The average Bonchev–Trinajstić information content (AvgIpc) is 2.70. The molecule has 0 amide bonds. The molecule has 2 nitrogen and oxygen atoms in total. The number of phenolic OH excluding ortho intramolecular Hbond substituents is 1. The highest BCUT2D eigenvalue weighted by molar-refractivity contribution is 7.12. The Balaban J connectivity index is 2.02. The highest BCUT2D eigenvalue weighted by atomic mass is 32.1. The SMILES string of the molecule is Cc1cc(C(C)NCc2ccc(O)c(F)c2)c(C)s1. The van der Waals surface area contributed by atoms with Crippen LogP contribution in [0.1, 0.15) is 33.8 Å². The van der Waals surface area contributed by atoms with Crippen LogP contribution in [-0.2, 0) is 6.54 Å². The van der Waals surface area contributed by atoms with Crippen LogP contribution in [0.4, 0.5) is 4.39 Å². The van der Waals surface area contributed by atoms with Crippen molar-refractivity contribution >= 4 is 11.3 Å². The van der Waals surface area contributed by atoms with Crippen LogP contribution in [0.15, 0.2) is 24.3 Å². The van der Waals surface area contributed by atoms with E-state index < -0.39 is 5.82 Å². The Morgan fingerprint density at radius 3 is 2.63 bits per heavy atom. The second kappa shape index (κ2) is 5.72. The van der Waals surface area contributed by atoms with E-state index in [1.165, 1.54) is 27.5 Å². The van der Waals surface area contributed by atoms with E-state index in [9.17, 15) is 4.39 Å². The third-order valence-corrected chi connectivity index (χ3v) is 4.15. The number of rotatable bonds is 4. The molecule has 2 rings (SSSR count). The molecule has 0 radical (unpaired) electrons. The fourth-order valence-corrected chi connectivity index (χ4v) is 3.14. The first kappa shape index (κ1) is 14.0. The lowest BCUT2D eigenvalue weighted by Gasteiger charge is -2.14. The molecule has 0 aliphatic carbocycles. The number of hydrogen-bond acceptors (Lipinski definition) is 3. The molecule has 0 aliphatic rings. The van der Waals surface area contributed by atoms with Gasteiger partial charge >= 0.3 is 0 Å². The molecule has 19 heavy (non-hydrogen) atoms. The predicted octanol–water partition coefficient (Wildman–Crippen LogP) is 4.06. The lowest BCUT2D eigenvalue weighted by Crippen LogP contribution is -2.18. The largest absolute Gasteiger partial charge is 0.505 e. The van der Waals surface area contributed by atoms with Crippen LogP contribution in [0.5, 0.6) is 5.75 Å². The maximum absolute atomic E-state index is 13.2. The third kappa shape index (κ3) is 3.33. The topological polar surface area (TPSA) is 32.3 Å². The Morgan fingerprint density at radius 1 is 1.32 bits per heavy atom. The van der Waals surface area contributed by atoms with Crippen LogP contribution >= 0.6 is 11.3 Å². The smallest absolute Gasteiger partial charge is 0.165 e. The Hall–Kier alpha value is -1.39. The van der Waals surface area contributed by atoms with Gasteiger partial charge in [-0.1, -0.05) is 6.07 Å². The van der Waals surface area contributed by atoms with Gasteiger partial charge in [0.25, 0.3) is 0 Å². The lowest BCUT2D eigenvalue weighted by atomic mass is 10.1. The van der Waals surface area contributed by atoms with Crippen LogP contribution in [0.25, 0.3) is 0 Å². The summed E-state index contributed by atoms with van der Waals surface area (Å²) in [5.74, 6) is -0.879. The minimum Gasteiger partial charge on any atom is -0.505 e. The van der Waals surface area contributed by atoms with Gasteiger partial charge in [-0.15, -0.1) is 11.3 Å². The summed E-state index contributed by atoms with van der Waals surface area (Å²) in [5.41, 5.74) is 2.12. The molecule has 0 bridgehead atoms. The van der Waals surface area contributed by atoms with Crippen molar-refractivity contribution in [1.82, 2.24) is 5.32 Å². The van der Waals surface area contributed by atoms with Crippen LogP contribution < -0.4 is 5.32 Å². The first-order valence-corrected chi connectivity index (χ1v) is 7.06. The van der Waals surface area contributed by atoms with Gasteiger partial charge in [0.2, 0.25) is 0 Å². The maximum Gasteiger partial charge on any atom is 0.165 e. The predicted molar refractivity (Wildman–Crippen MR) is 77.1 cm³/mol. The van der Waals surface area contributed by atoms with E-state index in [4.69, 9.17) is 5.11 Å². The zero-order valence-corrected chi connectivity index (χ0v) is 12.1. The molecule has 102 valence electrons. The molecule has 0 saturated carbocycles. The van der Waals surface area contributed by atoms with Crippen molar-refractivity contribution in [3.05, 3.63) is 51.0 Å². The summed E-state index contributed by atoms with van der Waals surface area (Å²) in [4.78, 5) is 2.62. The minimum atomic E-state index is -0.575. The molecule has 1 heterocycles. The van der Waals surface area contributed by atoms with Gasteiger partial charge in [0.15, 0.2) is 11.6 Å². The standard InChI is InChI=1S/C15H18FNOS/c1-9-6-13(11(3)19-9)10(2)17-8-12-4-5-15(18)14(16)7-12/h4-7,10,17-18H,8H2,1-3H3. The summed E-state index contributed by atoms with van der Waals surface area (Å²) in [5, 5.41) is 12.5. The van der Waals surface area contributed by atoms with Crippen LogP contribution in [-0.4, -0.2) is 5.11 Å².